The van der Waals surface area contributed by atoms with Gasteiger partial charge in [0.1, 0.15) is 17.6 Å². The number of aromatic nitrogens is 3. The molecule has 0 saturated heterocycles. The second-order valence-electron chi connectivity index (χ2n) is 5.42. The van der Waals surface area contributed by atoms with Crippen LogP contribution >= 0.6 is 22.6 Å². The zero-order chi connectivity index (χ0) is 16.4. The Balaban J connectivity index is 1.94. The summed E-state index contributed by atoms with van der Waals surface area (Å²) in [5, 5.41) is 14.1. The lowest BCUT2D eigenvalue weighted by Crippen LogP contribution is -2.14. The summed E-state index contributed by atoms with van der Waals surface area (Å²) < 4.78 is 8.66. The number of nitrogens with zero attached hydrogens (tertiary/aromatic N) is 3. The summed E-state index contributed by atoms with van der Waals surface area (Å²) in [5.74, 6) is 1.38. The number of halogens is 1. The zero-order valence-corrected chi connectivity index (χ0v) is 15.1. The van der Waals surface area contributed by atoms with E-state index in [0.29, 0.717) is 5.82 Å². The van der Waals surface area contributed by atoms with Crippen molar-refractivity contribution in [3.05, 3.63) is 57.8 Å². The van der Waals surface area contributed by atoms with E-state index in [1.165, 1.54) is 3.57 Å². The number of benzene rings is 1. The van der Waals surface area contributed by atoms with E-state index in [2.05, 4.69) is 39.7 Å². The van der Waals surface area contributed by atoms with Gasteiger partial charge in [-0.25, -0.2) is 4.98 Å². The summed E-state index contributed by atoms with van der Waals surface area (Å²) >= 11 is 2.27. The molecule has 0 bridgehead atoms. The van der Waals surface area contributed by atoms with E-state index < -0.39 is 6.10 Å². The van der Waals surface area contributed by atoms with Crippen LogP contribution < -0.4 is 0 Å². The molecule has 3 aromatic rings. The van der Waals surface area contributed by atoms with Crippen LogP contribution in [0, 0.1) is 3.57 Å². The zero-order valence-electron chi connectivity index (χ0n) is 13.0. The summed E-state index contributed by atoms with van der Waals surface area (Å²) in [5.41, 5.74) is 1.83. The first kappa shape index (κ1) is 16.2. The molecule has 0 fully saturated rings. The Kier molecular flexibility index (Phi) is 4.82. The van der Waals surface area contributed by atoms with Gasteiger partial charge in [-0.15, -0.1) is 0 Å². The van der Waals surface area contributed by atoms with Crippen LogP contribution in [0.15, 0.2) is 47.2 Å². The van der Waals surface area contributed by atoms with Crippen LogP contribution in [-0.2, 0) is 0 Å². The molecule has 0 saturated carbocycles. The van der Waals surface area contributed by atoms with Crippen molar-refractivity contribution in [3.63, 3.8) is 0 Å². The summed E-state index contributed by atoms with van der Waals surface area (Å²) in [4.78, 5) is 4.24. The van der Waals surface area contributed by atoms with Crippen molar-refractivity contribution < 1.29 is 9.63 Å². The Morgan fingerprint density at radius 1 is 1.30 bits per heavy atom. The fourth-order valence-corrected chi connectivity index (χ4v) is 3.02. The SMILES string of the molecule is CC[C@H](c1cc(-c2ccc(I)cc2)on1)n1ccnc1[C@H](C)O. The van der Waals surface area contributed by atoms with E-state index in [0.717, 1.165) is 23.4 Å². The van der Waals surface area contributed by atoms with Crippen LogP contribution in [0.1, 0.15) is 43.9 Å². The quantitative estimate of drug-likeness (QED) is 0.625. The minimum Gasteiger partial charge on any atom is -0.385 e. The Bertz CT molecular complexity index is 777. The highest BCUT2D eigenvalue weighted by molar-refractivity contribution is 14.1. The predicted octanol–water partition coefficient (Wildman–Crippen LogP) is 4.20. The summed E-state index contributed by atoms with van der Waals surface area (Å²) in [6, 6.07) is 10.1. The average Bonchev–Trinajstić information content (AvgIpc) is 3.19. The van der Waals surface area contributed by atoms with Crippen molar-refractivity contribution in [2.75, 3.05) is 0 Å². The third kappa shape index (κ3) is 3.32. The van der Waals surface area contributed by atoms with Crippen molar-refractivity contribution in [2.45, 2.75) is 32.4 Å². The van der Waals surface area contributed by atoms with Crippen LogP contribution in [0.4, 0.5) is 0 Å². The monoisotopic (exact) mass is 423 g/mol. The smallest absolute Gasteiger partial charge is 0.167 e. The summed E-state index contributed by atoms with van der Waals surface area (Å²) in [7, 11) is 0. The van der Waals surface area contributed by atoms with Gasteiger partial charge in [0.15, 0.2) is 5.76 Å². The molecule has 0 unspecified atom stereocenters. The predicted molar refractivity (Wildman–Crippen MR) is 95.9 cm³/mol. The average molecular weight is 423 g/mol. The normalized spacial score (nSPS) is 13.9. The highest BCUT2D eigenvalue weighted by Crippen LogP contribution is 2.29. The summed E-state index contributed by atoms with van der Waals surface area (Å²) in [6.45, 7) is 3.79. The molecule has 0 amide bonds. The molecule has 2 heterocycles. The van der Waals surface area contributed by atoms with Gasteiger partial charge in [-0.2, -0.15) is 0 Å². The molecule has 2 aromatic heterocycles. The second kappa shape index (κ2) is 6.84. The molecule has 0 spiro atoms. The van der Waals surface area contributed by atoms with Gasteiger partial charge in [-0.05, 0) is 48.1 Å². The lowest BCUT2D eigenvalue weighted by atomic mass is 10.1. The molecule has 0 aliphatic rings. The minimum absolute atomic E-state index is 0.0107. The molecule has 6 heteroatoms. The maximum atomic E-state index is 9.87. The molecular weight excluding hydrogens is 405 g/mol. The molecule has 1 aromatic carbocycles. The Morgan fingerprint density at radius 3 is 2.70 bits per heavy atom. The molecule has 3 rings (SSSR count). The second-order valence-corrected chi connectivity index (χ2v) is 6.66. The van der Waals surface area contributed by atoms with Gasteiger partial charge in [0.2, 0.25) is 0 Å². The van der Waals surface area contributed by atoms with Gasteiger partial charge in [0.25, 0.3) is 0 Å². The molecule has 1 N–H and O–H groups in total. The van der Waals surface area contributed by atoms with E-state index in [9.17, 15) is 5.11 Å². The number of hydrogen-bond acceptors (Lipinski definition) is 4. The van der Waals surface area contributed by atoms with E-state index in [1.807, 2.05) is 41.1 Å². The first-order valence-electron chi connectivity index (χ1n) is 7.53. The maximum Gasteiger partial charge on any atom is 0.167 e. The van der Waals surface area contributed by atoms with Gasteiger partial charge in [-0.3, -0.25) is 0 Å². The van der Waals surface area contributed by atoms with Gasteiger partial charge in [0.05, 0.1) is 6.04 Å². The van der Waals surface area contributed by atoms with Gasteiger partial charge in [0, 0.05) is 27.6 Å². The molecule has 120 valence electrons. The summed E-state index contributed by atoms with van der Waals surface area (Å²) in [6.07, 6.45) is 3.77. The third-order valence-corrected chi connectivity index (χ3v) is 4.51. The fraction of sp³-hybridized carbons (Fsp3) is 0.294. The van der Waals surface area contributed by atoms with Crippen molar-refractivity contribution in [3.8, 4) is 11.3 Å². The van der Waals surface area contributed by atoms with E-state index in [-0.39, 0.29) is 6.04 Å². The molecule has 0 radical (unpaired) electrons. The molecular formula is C17H18IN3O2. The topological polar surface area (TPSA) is 64.1 Å². The van der Waals surface area contributed by atoms with E-state index in [4.69, 9.17) is 4.52 Å². The van der Waals surface area contributed by atoms with E-state index in [1.54, 1.807) is 13.1 Å². The highest BCUT2D eigenvalue weighted by atomic mass is 127. The van der Waals surface area contributed by atoms with Crippen molar-refractivity contribution in [2.24, 2.45) is 0 Å². The molecule has 2 atom stereocenters. The lowest BCUT2D eigenvalue weighted by Gasteiger charge is -2.17. The minimum atomic E-state index is -0.624. The van der Waals surface area contributed by atoms with Gasteiger partial charge >= 0.3 is 0 Å². The van der Waals surface area contributed by atoms with Crippen LogP contribution in [0.5, 0.6) is 0 Å². The Hall–Kier alpha value is -1.67. The first-order valence-corrected chi connectivity index (χ1v) is 8.61. The lowest BCUT2D eigenvalue weighted by molar-refractivity contribution is 0.181. The highest BCUT2D eigenvalue weighted by Gasteiger charge is 2.21. The maximum absolute atomic E-state index is 9.87. The van der Waals surface area contributed by atoms with Crippen molar-refractivity contribution in [1.29, 1.82) is 0 Å². The standard InChI is InChI=1S/C17H18IN3O2/c1-3-15(21-9-8-19-17(21)11(2)22)14-10-16(23-20-14)12-4-6-13(18)7-5-12/h4-11,15,22H,3H2,1-2H3/t11-,15+/m0/s1. The number of imidazole rings is 1. The fourth-order valence-electron chi connectivity index (χ4n) is 2.66. The molecule has 23 heavy (non-hydrogen) atoms. The number of rotatable bonds is 5. The van der Waals surface area contributed by atoms with Gasteiger partial charge in [-0.1, -0.05) is 24.2 Å². The molecule has 0 aliphatic carbocycles. The van der Waals surface area contributed by atoms with Crippen LogP contribution in [0.3, 0.4) is 0 Å². The van der Waals surface area contributed by atoms with E-state index >= 15 is 0 Å². The van der Waals surface area contributed by atoms with Gasteiger partial charge < -0.3 is 14.2 Å². The van der Waals surface area contributed by atoms with Crippen molar-refractivity contribution >= 4 is 22.6 Å². The molecule has 5 nitrogen and oxygen atoms in total. The first-order chi connectivity index (χ1) is 11.1. The largest absolute Gasteiger partial charge is 0.385 e. The van der Waals surface area contributed by atoms with Crippen LogP contribution in [0.25, 0.3) is 11.3 Å². The number of aliphatic hydroxyl groups is 1. The number of aliphatic hydroxyl groups excluding tert-OH is 1. The molecule has 0 aliphatic heterocycles. The Labute approximate surface area is 148 Å². The Morgan fingerprint density at radius 2 is 2.04 bits per heavy atom. The number of hydrogen-bond donors (Lipinski definition) is 1. The van der Waals surface area contributed by atoms with Crippen LogP contribution in [0.2, 0.25) is 0 Å². The third-order valence-electron chi connectivity index (χ3n) is 3.79. The van der Waals surface area contributed by atoms with Crippen LogP contribution in [-0.4, -0.2) is 19.8 Å². The van der Waals surface area contributed by atoms with Crippen molar-refractivity contribution in [1.82, 2.24) is 14.7 Å².